The molecule has 0 aromatic rings. The summed E-state index contributed by atoms with van der Waals surface area (Å²) in [7, 11) is 0. The summed E-state index contributed by atoms with van der Waals surface area (Å²) in [5, 5.41) is 0. The topological polar surface area (TPSA) is 105 Å². The van der Waals surface area contributed by atoms with E-state index < -0.39 is 12.3 Å². The Balaban J connectivity index is 0. The van der Waals surface area contributed by atoms with Crippen molar-refractivity contribution in [3.05, 3.63) is 23.3 Å². The first-order valence-corrected chi connectivity index (χ1v) is 8.06. The molecule has 0 N–H and O–H groups in total. The molecule has 0 radical (unpaired) electrons. The fourth-order valence-corrected chi connectivity index (χ4v) is 1.44. The van der Waals surface area contributed by atoms with Crippen LogP contribution >= 0.6 is 0 Å². The second kappa shape index (κ2) is 15.9. The molecule has 0 atom stereocenters. The standard InChI is InChI=1S/2C9H14O4/c2*1-4-12-9(11)13-6-7(2)5-8(3)10/h2*5H,4,6H2,1-3H3/b7-5+;7-5-. The van der Waals surface area contributed by atoms with Gasteiger partial charge in [0.05, 0.1) is 13.2 Å². The third kappa shape index (κ3) is 19.4. The lowest BCUT2D eigenvalue weighted by Gasteiger charge is -2.03. The van der Waals surface area contributed by atoms with E-state index in [4.69, 9.17) is 0 Å². The van der Waals surface area contributed by atoms with Crippen LogP contribution in [0.1, 0.15) is 41.5 Å². The van der Waals surface area contributed by atoms with Gasteiger partial charge in [0.25, 0.3) is 0 Å². The zero-order chi connectivity index (χ0) is 20.5. The average molecular weight is 372 g/mol. The van der Waals surface area contributed by atoms with Gasteiger partial charge in [-0.05, 0) is 64.8 Å². The minimum absolute atomic E-state index is 0.0649. The fourth-order valence-electron chi connectivity index (χ4n) is 1.44. The first-order valence-electron chi connectivity index (χ1n) is 8.06. The summed E-state index contributed by atoms with van der Waals surface area (Å²) in [5.74, 6) is -0.130. The van der Waals surface area contributed by atoms with E-state index in [-0.39, 0.29) is 38.0 Å². The highest BCUT2D eigenvalue weighted by Gasteiger charge is 2.02. The molecule has 0 aromatic heterocycles. The van der Waals surface area contributed by atoms with Gasteiger partial charge in [-0.1, -0.05) is 0 Å². The molecule has 0 heterocycles. The largest absolute Gasteiger partial charge is 0.508 e. The van der Waals surface area contributed by atoms with Gasteiger partial charge < -0.3 is 18.9 Å². The average Bonchev–Trinajstić information content (AvgIpc) is 2.51. The maximum absolute atomic E-state index is 10.7. The van der Waals surface area contributed by atoms with Crippen LogP contribution < -0.4 is 0 Å². The van der Waals surface area contributed by atoms with Crippen LogP contribution in [0.4, 0.5) is 9.59 Å². The van der Waals surface area contributed by atoms with E-state index in [9.17, 15) is 19.2 Å². The monoisotopic (exact) mass is 372 g/mol. The molecular weight excluding hydrogens is 344 g/mol. The van der Waals surface area contributed by atoms with Crippen LogP contribution in [0.3, 0.4) is 0 Å². The Bertz CT molecular complexity index is 483. The molecule has 0 aliphatic carbocycles. The lowest BCUT2D eigenvalue weighted by molar-refractivity contribution is -0.113. The van der Waals surface area contributed by atoms with Crippen LogP contribution in [0, 0.1) is 0 Å². The van der Waals surface area contributed by atoms with Gasteiger partial charge in [-0.3, -0.25) is 9.59 Å². The summed E-state index contributed by atoms with van der Waals surface area (Å²) >= 11 is 0. The lowest BCUT2D eigenvalue weighted by atomic mass is 10.2. The Hall–Kier alpha value is -2.64. The minimum Gasteiger partial charge on any atom is -0.435 e. The van der Waals surface area contributed by atoms with Gasteiger partial charge in [-0.2, -0.15) is 0 Å². The van der Waals surface area contributed by atoms with Gasteiger partial charge in [0.1, 0.15) is 13.2 Å². The van der Waals surface area contributed by atoms with Gasteiger partial charge in [0, 0.05) is 0 Å². The highest BCUT2D eigenvalue weighted by molar-refractivity contribution is 5.88. The summed E-state index contributed by atoms with van der Waals surface area (Å²) in [6.45, 7) is 10.4. The summed E-state index contributed by atoms with van der Waals surface area (Å²) in [6.07, 6.45) is 1.41. The normalized spacial score (nSPS) is 10.8. The van der Waals surface area contributed by atoms with Crippen molar-refractivity contribution in [2.24, 2.45) is 0 Å². The number of hydrogen-bond acceptors (Lipinski definition) is 8. The second-order valence-electron chi connectivity index (χ2n) is 5.15. The number of carbonyl (C=O) groups excluding carboxylic acids is 4. The molecular formula is C18H28O8. The van der Waals surface area contributed by atoms with Crippen LogP contribution in [0.2, 0.25) is 0 Å². The molecule has 0 bridgehead atoms. The SMILES string of the molecule is CCOC(=O)OC/C(C)=C/C(C)=O.CCOC(=O)OC/C(C)=C\C(C)=O. The van der Waals surface area contributed by atoms with Gasteiger partial charge >= 0.3 is 12.3 Å². The van der Waals surface area contributed by atoms with Crippen LogP contribution in [0.25, 0.3) is 0 Å². The van der Waals surface area contributed by atoms with Crippen LogP contribution in [-0.2, 0) is 28.5 Å². The molecule has 0 amide bonds. The van der Waals surface area contributed by atoms with E-state index in [0.717, 1.165) is 0 Å². The third-order valence-corrected chi connectivity index (χ3v) is 2.26. The fraction of sp³-hybridized carbons (Fsp3) is 0.556. The van der Waals surface area contributed by atoms with Crippen molar-refractivity contribution in [3.8, 4) is 0 Å². The van der Waals surface area contributed by atoms with Crippen LogP contribution in [0.5, 0.6) is 0 Å². The third-order valence-electron chi connectivity index (χ3n) is 2.26. The Morgan fingerprint density at radius 3 is 1.15 bits per heavy atom. The molecule has 148 valence electrons. The van der Waals surface area contributed by atoms with Gasteiger partial charge in [-0.15, -0.1) is 0 Å². The molecule has 0 rings (SSSR count). The highest BCUT2D eigenvalue weighted by atomic mass is 16.7. The number of ketones is 2. The van der Waals surface area contributed by atoms with E-state index in [1.807, 2.05) is 0 Å². The van der Waals surface area contributed by atoms with Crippen molar-refractivity contribution in [3.63, 3.8) is 0 Å². The van der Waals surface area contributed by atoms with Gasteiger partial charge in [0.2, 0.25) is 0 Å². The molecule has 0 spiro atoms. The Morgan fingerprint density at radius 1 is 0.615 bits per heavy atom. The first-order chi connectivity index (χ1) is 12.1. The summed E-state index contributed by atoms with van der Waals surface area (Å²) in [4.78, 5) is 42.5. The quantitative estimate of drug-likeness (QED) is 0.471. The zero-order valence-electron chi connectivity index (χ0n) is 16.2. The Labute approximate surface area is 154 Å². The second-order valence-corrected chi connectivity index (χ2v) is 5.15. The molecule has 0 aliphatic rings. The number of ether oxygens (including phenoxy) is 4. The van der Waals surface area contributed by atoms with Crippen LogP contribution in [-0.4, -0.2) is 50.3 Å². The molecule has 0 fully saturated rings. The maximum Gasteiger partial charge on any atom is 0.508 e. The Kier molecular flexibility index (Phi) is 15.6. The number of hydrogen-bond donors (Lipinski definition) is 0. The van der Waals surface area contributed by atoms with Crippen molar-refractivity contribution in [2.45, 2.75) is 41.5 Å². The smallest absolute Gasteiger partial charge is 0.435 e. The van der Waals surface area contributed by atoms with Crippen molar-refractivity contribution in [1.82, 2.24) is 0 Å². The van der Waals surface area contributed by atoms with Crippen molar-refractivity contribution >= 4 is 23.9 Å². The van der Waals surface area contributed by atoms with Crippen molar-refractivity contribution < 1.29 is 38.1 Å². The number of allylic oxidation sites excluding steroid dienone is 2. The number of carbonyl (C=O) groups is 4. The van der Waals surface area contributed by atoms with Gasteiger partial charge in [-0.25, -0.2) is 9.59 Å². The summed E-state index contributed by atoms with van der Waals surface area (Å²) < 4.78 is 18.4. The molecule has 26 heavy (non-hydrogen) atoms. The molecule has 0 unspecified atom stereocenters. The lowest BCUT2D eigenvalue weighted by Crippen LogP contribution is -2.09. The molecule has 8 nitrogen and oxygen atoms in total. The first kappa shape index (κ1) is 25.6. The highest BCUT2D eigenvalue weighted by Crippen LogP contribution is 1.96. The predicted molar refractivity (Wildman–Crippen MR) is 94.8 cm³/mol. The molecule has 0 saturated carbocycles. The van der Waals surface area contributed by atoms with Crippen LogP contribution in [0.15, 0.2) is 23.3 Å². The van der Waals surface area contributed by atoms with E-state index in [1.54, 1.807) is 27.7 Å². The minimum atomic E-state index is -0.709. The van der Waals surface area contributed by atoms with E-state index >= 15 is 0 Å². The zero-order valence-corrected chi connectivity index (χ0v) is 16.2. The predicted octanol–water partition coefficient (Wildman–Crippen LogP) is 3.39. The van der Waals surface area contributed by atoms with E-state index in [0.29, 0.717) is 11.1 Å². The van der Waals surface area contributed by atoms with Gasteiger partial charge in [0.15, 0.2) is 11.6 Å². The van der Waals surface area contributed by atoms with E-state index in [1.165, 1.54) is 26.0 Å². The molecule has 0 aromatic carbocycles. The Morgan fingerprint density at radius 2 is 0.923 bits per heavy atom. The van der Waals surface area contributed by atoms with Crippen molar-refractivity contribution in [1.29, 1.82) is 0 Å². The van der Waals surface area contributed by atoms with E-state index in [2.05, 4.69) is 18.9 Å². The molecule has 0 aliphatic heterocycles. The molecule has 0 saturated heterocycles. The van der Waals surface area contributed by atoms with Crippen molar-refractivity contribution in [2.75, 3.05) is 26.4 Å². The number of rotatable bonds is 8. The summed E-state index contributed by atoms with van der Waals surface area (Å²) in [6, 6.07) is 0. The molecule has 8 heteroatoms. The summed E-state index contributed by atoms with van der Waals surface area (Å²) in [5.41, 5.74) is 1.39. The maximum atomic E-state index is 10.7.